The van der Waals surface area contributed by atoms with Gasteiger partial charge in [-0.2, -0.15) is 0 Å². The average Bonchev–Trinajstić information content (AvgIpc) is 3.05. The molecule has 1 aliphatic rings. The zero-order chi connectivity index (χ0) is 35.5. The molecule has 4 N–H and O–H groups in total. The third-order valence-corrected chi connectivity index (χ3v) is 8.16. The van der Waals surface area contributed by atoms with Gasteiger partial charge in [-0.15, -0.1) is 0 Å². The number of methoxy groups -OCH3 is 3. The Balaban J connectivity index is 2.05. The minimum absolute atomic E-state index is 0.000241. The lowest BCUT2D eigenvalue weighted by molar-refractivity contribution is -0.133. The second kappa shape index (κ2) is 17.4. The SMILES string of the molecule is COc1ccc(C[C@@H]2NC(=O)[C@H](CC(C)C)NC(=O)CN(C(=O)c3c(OC)cccc3OC)C[C@H](C(C)C)NC(=O)[C@@H](C)NC2=O)cc1. The Kier molecular flexibility index (Phi) is 13.6. The number of amides is 5. The molecule has 0 aromatic heterocycles. The van der Waals surface area contributed by atoms with Crippen molar-refractivity contribution in [2.24, 2.45) is 11.8 Å². The summed E-state index contributed by atoms with van der Waals surface area (Å²) in [4.78, 5) is 70.0. The number of hydrogen-bond acceptors (Lipinski definition) is 8. The summed E-state index contributed by atoms with van der Waals surface area (Å²) in [5.74, 6) is -1.82. The molecule has 4 atom stereocenters. The van der Waals surface area contributed by atoms with Crippen molar-refractivity contribution in [1.29, 1.82) is 0 Å². The summed E-state index contributed by atoms with van der Waals surface area (Å²) in [6.07, 6.45) is 0.393. The molecule has 1 aliphatic heterocycles. The molecule has 0 bridgehead atoms. The summed E-state index contributed by atoms with van der Waals surface area (Å²) in [7, 11) is 4.40. The van der Waals surface area contributed by atoms with E-state index in [-0.39, 0.29) is 48.3 Å². The number of carbonyl (C=O) groups excluding carboxylic acids is 5. The lowest BCUT2D eigenvalue weighted by Crippen LogP contribution is -2.57. The highest BCUT2D eigenvalue weighted by atomic mass is 16.5. The van der Waals surface area contributed by atoms with Gasteiger partial charge in [-0.1, -0.05) is 45.9 Å². The van der Waals surface area contributed by atoms with E-state index in [0.717, 1.165) is 5.56 Å². The lowest BCUT2D eigenvalue weighted by atomic mass is 10.0. The summed E-state index contributed by atoms with van der Waals surface area (Å²) >= 11 is 0. The first-order valence-corrected chi connectivity index (χ1v) is 16.1. The molecule has 0 unspecified atom stereocenters. The second-order valence-corrected chi connectivity index (χ2v) is 12.7. The molecule has 1 heterocycles. The molecule has 1 saturated heterocycles. The number of benzene rings is 2. The Morgan fingerprint density at radius 1 is 0.792 bits per heavy atom. The average molecular weight is 668 g/mol. The van der Waals surface area contributed by atoms with Gasteiger partial charge in [0.1, 0.15) is 40.9 Å². The quantitative estimate of drug-likeness (QED) is 0.316. The Bertz CT molecular complexity index is 1420. The van der Waals surface area contributed by atoms with Crippen molar-refractivity contribution in [2.75, 3.05) is 34.4 Å². The van der Waals surface area contributed by atoms with Gasteiger partial charge >= 0.3 is 0 Å². The number of rotatable bonds is 9. The number of hydrogen-bond donors (Lipinski definition) is 4. The highest BCUT2D eigenvalue weighted by molar-refractivity contribution is 6.02. The third kappa shape index (κ3) is 10.1. The summed E-state index contributed by atoms with van der Waals surface area (Å²) in [6, 6.07) is 8.31. The normalized spacial score (nSPS) is 21.3. The molecule has 2 aromatic carbocycles. The molecule has 0 aliphatic carbocycles. The molecular weight excluding hydrogens is 618 g/mol. The molecule has 0 saturated carbocycles. The number of nitrogens with zero attached hydrogens (tertiary/aromatic N) is 1. The van der Waals surface area contributed by atoms with E-state index in [9.17, 15) is 24.0 Å². The first-order chi connectivity index (χ1) is 22.8. The van der Waals surface area contributed by atoms with Crippen LogP contribution in [0.15, 0.2) is 42.5 Å². The van der Waals surface area contributed by atoms with Crippen LogP contribution in [0.2, 0.25) is 0 Å². The first kappa shape index (κ1) is 37.6. The number of nitrogens with one attached hydrogen (secondary N) is 4. The van der Waals surface area contributed by atoms with Gasteiger partial charge in [-0.25, -0.2) is 0 Å². The van der Waals surface area contributed by atoms with Crippen molar-refractivity contribution in [3.8, 4) is 17.2 Å². The van der Waals surface area contributed by atoms with Crippen molar-refractivity contribution < 1.29 is 38.2 Å². The Morgan fingerprint density at radius 2 is 1.40 bits per heavy atom. The van der Waals surface area contributed by atoms with Gasteiger partial charge in [0.25, 0.3) is 5.91 Å². The summed E-state index contributed by atoms with van der Waals surface area (Å²) in [5, 5.41) is 11.3. The maximum Gasteiger partial charge on any atom is 0.261 e. The Morgan fingerprint density at radius 3 is 1.94 bits per heavy atom. The van der Waals surface area contributed by atoms with Gasteiger partial charge in [0.05, 0.1) is 27.9 Å². The number of carbonyl (C=O) groups is 5. The lowest BCUT2D eigenvalue weighted by Gasteiger charge is -2.32. The molecule has 13 nitrogen and oxygen atoms in total. The predicted molar refractivity (Wildman–Crippen MR) is 180 cm³/mol. The molecule has 2 aromatic rings. The van der Waals surface area contributed by atoms with Crippen LogP contribution in [-0.2, 0) is 25.6 Å². The molecule has 13 heteroatoms. The molecule has 262 valence electrons. The molecule has 1 fully saturated rings. The van der Waals surface area contributed by atoms with Gasteiger partial charge < -0.3 is 40.4 Å². The second-order valence-electron chi connectivity index (χ2n) is 12.7. The molecule has 0 spiro atoms. The van der Waals surface area contributed by atoms with Gasteiger partial charge in [0, 0.05) is 19.0 Å². The summed E-state index contributed by atoms with van der Waals surface area (Å²) in [5.41, 5.74) is 0.858. The van der Waals surface area contributed by atoms with Crippen LogP contribution in [0.1, 0.15) is 57.0 Å². The Hall–Kier alpha value is -4.81. The fourth-order valence-corrected chi connectivity index (χ4v) is 5.38. The van der Waals surface area contributed by atoms with Crippen LogP contribution < -0.4 is 35.5 Å². The smallest absolute Gasteiger partial charge is 0.261 e. The van der Waals surface area contributed by atoms with E-state index in [1.54, 1.807) is 56.5 Å². The fraction of sp³-hybridized carbons (Fsp3) is 0.514. The highest BCUT2D eigenvalue weighted by Crippen LogP contribution is 2.30. The monoisotopic (exact) mass is 667 g/mol. The van der Waals surface area contributed by atoms with E-state index in [1.165, 1.54) is 19.1 Å². The predicted octanol–water partition coefficient (Wildman–Crippen LogP) is 2.07. The van der Waals surface area contributed by atoms with Crippen LogP contribution in [0.3, 0.4) is 0 Å². The maximum atomic E-state index is 14.2. The van der Waals surface area contributed by atoms with Crippen LogP contribution in [0.25, 0.3) is 0 Å². The zero-order valence-corrected chi connectivity index (χ0v) is 29.0. The van der Waals surface area contributed by atoms with E-state index in [1.807, 2.05) is 27.7 Å². The van der Waals surface area contributed by atoms with E-state index in [0.29, 0.717) is 5.75 Å². The first-order valence-electron chi connectivity index (χ1n) is 16.1. The summed E-state index contributed by atoms with van der Waals surface area (Å²) < 4.78 is 16.2. The van der Waals surface area contributed by atoms with Crippen LogP contribution >= 0.6 is 0 Å². The zero-order valence-electron chi connectivity index (χ0n) is 29.0. The fourth-order valence-electron chi connectivity index (χ4n) is 5.38. The van der Waals surface area contributed by atoms with Crippen molar-refractivity contribution in [2.45, 2.75) is 71.6 Å². The van der Waals surface area contributed by atoms with E-state index in [2.05, 4.69) is 21.3 Å². The summed E-state index contributed by atoms with van der Waals surface area (Å²) in [6.45, 7) is 8.63. The molecule has 5 amide bonds. The van der Waals surface area contributed by atoms with E-state index >= 15 is 0 Å². The maximum absolute atomic E-state index is 14.2. The van der Waals surface area contributed by atoms with Gasteiger partial charge in [-0.05, 0) is 55.0 Å². The molecular formula is C35H49N5O8. The Labute approximate surface area is 282 Å². The van der Waals surface area contributed by atoms with Crippen molar-refractivity contribution in [3.63, 3.8) is 0 Å². The van der Waals surface area contributed by atoms with E-state index < -0.39 is 60.2 Å². The topological polar surface area (TPSA) is 164 Å². The number of ether oxygens (including phenoxy) is 3. The van der Waals surface area contributed by atoms with Crippen molar-refractivity contribution >= 4 is 29.5 Å². The van der Waals surface area contributed by atoms with Crippen LogP contribution in [0.4, 0.5) is 0 Å². The van der Waals surface area contributed by atoms with Gasteiger partial charge in [-0.3, -0.25) is 24.0 Å². The standard InChI is InChI=1S/C35H49N5O8/c1-20(2)16-25-34(44)38-26(17-23-12-14-24(46-6)15-13-23)33(43)36-22(5)32(42)39-27(21(3)4)18-40(19-30(41)37-25)35(45)31-28(47-7)10-9-11-29(31)48-8/h9-15,20-22,25-27H,16-19H2,1-8H3,(H,36,43)(H,37,41)(H,38,44)(H,39,42)/t22-,25+,26+,27-/m1/s1. The van der Waals surface area contributed by atoms with E-state index in [4.69, 9.17) is 14.2 Å². The van der Waals surface area contributed by atoms with Crippen LogP contribution in [0, 0.1) is 11.8 Å². The van der Waals surface area contributed by atoms with Crippen molar-refractivity contribution in [1.82, 2.24) is 26.2 Å². The molecule has 48 heavy (non-hydrogen) atoms. The minimum Gasteiger partial charge on any atom is -0.497 e. The minimum atomic E-state index is -1.06. The van der Waals surface area contributed by atoms with Crippen LogP contribution in [-0.4, -0.2) is 93.0 Å². The molecule has 0 radical (unpaired) electrons. The highest BCUT2D eigenvalue weighted by Gasteiger charge is 2.34. The van der Waals surface area contributed by atoms with Crippen LogP contribution in [0.5, 0.6) is 17.2 Å². The van der Waals surface area contributed by atoms with Gasteiger partial charge in [0.15, 0.2) is 0 Å². The molecule has 3 rings (SSSR count). The van der Waals surface area contributed by atoms with Crippen molar-refractivity contribution in [3.05, 3.63) is 53.6 Å². The third-order valence-electron chi connectivity index (χ3n) is 8.16. The largest absolute Gasteiger partial charge is 0.497 e. The van der Waals surface area contributed by atoms with Gasteiger partial charge in [0.2, 0.25) is 23.6 Å².